The number of benzene rings is 1. The molecule has 3 nitrogen and oxygen atoms in total. The van der Waals surface area contributed by atoms with Gasteiger partial charge in [-0.3, -0.25) is 0 Å². The van der Waals surface area contributed by atoms with E-state index in [2.05, 4.69) is 20.7 Å². The number of phenolic OH excluding ortho intramolecular Hbond substituents is 1. The summed E-state index contributed by atoms with van der Waals surface area (Å²) in [6.45, 7) is 0.0595. The maximum Gasteiger partial charge on any atom is 0.342 e. The van der Waals surface area contributed by atoms with Crippen LogP contribution in [0.5, 0.6) is 5.75 Å². The van der Waals surface area contributed by atoms with Crippen LogP contribution in [-0.4, -0.2) is 11.1 Å². The molecule has 1 aliphatic rings. The fraction of sp³-hybridized carbons (Fsp3) is 0.125. The molecule has 0 bridgehead atoms. The summed E-state index contributed by atoms with van der Waals surface area (Å²) in [4.78, 5) is 11.0. The topological polar surface area (TPSA) is 46.5 Å². The van der Waals surface area contributed by atoms with Crippen molar-refractivity contribution >= 4 is 21.9 Å². The highest BCUT2D eigenvalue weighted by molar-refractivity contribution is 9.10. The monoisotopic (exact) mass is 246 g/mol. The van der Waals surface area contributed by atoms with Crippen molar-refractivity contribution in [2.75, 3.05) is 0 Å². The van der Waals surface area contributed by atoms with Crippen molar-refractivity contribution in [1.82, 2.24) is 0 Å². The number of halogens is 2. The maximum absolute atomic E-state index is 13.2. The van der Waals surface area contributed by atoms with Crippen molar-refractivity contribution in [2.24, 2.45) is 0 Å². The number of rotatable bonds is 0. The van der Waals surface area contributed by atoms with Crippen LogP contribution in [0, 0.1) is 5.82 Å². The van der Waals surface area contributed by atoms with E-state index in [9.17, 15) is 9.18 Å². The van der Waals surface area contributed by atoms with Crippen molar-refractivity contribution in [2.45, 2.75) is 6.61 Å². The molecule has 1 aromatic rings. The van der Waals surface area contributed by atoms with Gasteiger partial charge < -0.3 is 9.84 Å². The van der Waals surface area contributed by atoms with E-state index in [1.807, 2.05) is 0 Å². The predicted octanol–water partition coefficient (Wildman–Crippen LogP) is 1.96. The number of aromatic hydroxyl groups is 1. The number of hydrogen-bond donors (Lipinski definition) is 1. The Morgan fingerprint density at radius 3 is 3.00 bits per heavy atom. The number of fused-ring (bicyclic) bond motifs is 1. The summed E-state index contributed by atoms with van der Waals surface area (Å²) in [5.41, 5.74) is 0.285. The van der Waals surface area contributed by atoms with Crippen molar-refractivity contribution < 1.29 is 19.0 Å². The molecule has 0 amide bonds. The summed E-state index contributed by atoms with van der Waals surface area (Å²) in [6, 6.07) is 1.47. The molecule has 0 aromatic heterocycles. The molecule has 13 heavy (non-hydrogen) atoms. The minimum Gasteiger partial charge on any atom is -0.504 e. The molecule has 0 saturated carbocycles. The molecule has 0 fully saturated rings. The first kappa shape index (κ1) is 8.50. The Morgan fingerprint density at radius 2 is 2.31 bits per heavy atom. The molecular formula is C8H4BrFO3. The van der Waals surface area contributed by atoms with Crippen LogP contribution in [0.1, 0.15) is 15.9 Å². The number of phenols is 1. The zero-order valence-corrected chi connectivity index (χ0v) is 7.89. The second-order valence-electron chi connectivity index (χ2n) is 2.63. The third-order valence-electron chi connectivity index (χ3n) is 1.84. The van der Waals surface area contributed by atoms with Gasteiger partial charge in [-0.15, -0.1) is 0 Å². The Balaban J connectivity index is 2.75. The highest BCUT2D eigenvalue weighted by Gasteiger charge is 2.28. The molecule has 0 unspecified atom stereocenters. The van der Waals surface area contributed by atoms with Crippen LogP contribution in [0.15, 0.2) is 10.5 Å². The van der Waals surface area contributed by atoms with Gasteiger partial charge in [-0.1, -0.05) is 0 Å². The summed E-state index contributed by atoms with van der Waals surface area (Å²) in [7, 11) is 0. The second-order valence-corrected chi connectivity index (χ2v) is 3.49. The molecule has 0 spiro atoms. The van der Waals surface area contributed by atoms with Crippen LogP contribution in [0.2, 0.25) is 0 Å². The van der Waals surface area contributed by atoms with Gasteiger partial charge in [0.2, 0.25) is 0 Å². The molecule has 0 radical (unpaired) electrons. The number of esters is 1. The number of carbonyl (C=O) groups excluding carboxylic acids is 1. The van der Waals surface area contributed by atoms with E-state index in [1.54, 1.807) is 0 Å². The normalized spacial score (nSPS) is 14.2. The van der Waals surface area contributed by atoms with E-state index >= 15 is 0 Å². The number of hydrogen-bond acceptors (Lipinski definition) is 3. The molecule has 5 heteroatoms. The average Bonchev–Trinajstić information content (AvgIpc) is 2.43. The Labute approximate surface area is 81.3 Å². The first-order valence-electron chi connectivity index (χ1n) is 3.48. The highest BCUT2D eigenvalue weighted by Crippen LogP contribution is 2.34. The lowest BCUT2D eigenvalue weighted by atomic mass is 10.1. The van der Waals surface area contributed by atoms with Crippen LogP contribution in [0.3, 0.4) is 0 Å². The van der Waals surface area contributed by atoms with Crippen LogP contribution in [-0.2, 0) is 11.3 Å². The summed E-state index contributed by atoms with van der Waals surface area (Å²) < 4.78 is 18.1. The Hall–Kier alpha value is -1.10. The fourth-order valence-electron chi connectivity index (χ4n) is 1.21. The van der Waals surface area contributed by atoms with Crippen LogP contribution < -0.4 is 0 Å². The summed E-state index contributed by atoms with van der Waals surface area (Å²) in [5, 5.41) is 9.16. The lowest BCUT2D eigenvalue weighted by molar-refractivity contribution is 0.0531. The molecule has 2 rings (SSSR count). The third kappa shape index (κ3) is 1.11. The lowest BCUT2D eigenvalue weighted by Gasteiger charge is -2.01. The third-order valence-corrected chi connectivity index (χ3v) is 2.44. The standard InChI is InChI=1S/C8H4BrFO3/c9-4-1-3-2-13-8(12)5(3)6(10)7(4)11/h1,11H,2H2. The fourth-order valence-corrected chi connectivity index (χ4v) is 1.66. The van der Waals surface area contributed by atoms with E-state index in [1.165, 1.54) is 6.07 Å². The van der Waals surface area contributed by atoms with Gasteiger partial charge >= 0.3 is 5.97 Å². The van der Waals surface area contributed by atoms with Gasteiger partial charge in [0.15, 0.2) is 11.6 Å². The van der Waals surface area contributed by atoms with Crippen molar-refractivity contribution in [3.05, 3.63) is 27.5 Å². The molecule has 1 N–H and O–H groups in total. The molecule has 0 aliphatic carbocycles. The van der Waals surface area contributed by atoms with Crippen LogP contribution in [0.4, 0.5) is 4.39 Å². The van der Waals surface area contributed by atoms with E-state index in [4.69, 9.17) is 5.11 Å². The molecular weight excluding hydrogens is 243 g/mol. The van der Waals surface area contributed by atoms with Crippen molar-refractivity contribution in [3.63, 3.8) is 0 Å². The molecule has 68 valence electrons. The molecule has 0 atom stereocenters. The minimum atomic E-state index is -0.924. The van der Waals surface area contributed by atoms with Gasteiger partial charge in [0, 0.05) is 5.56 Å². The van der Waals surface area contributed by atoms with E-state index < -0.39 is 17.5 Å². The SMILES string of the molecule is O=C1OCc2cc(Br)c(O)c(F)c21. The Morgan fingerprint density at radius 1 is 1.62 bits per heavy atom. The minimum absolute atomic E-state index is 0.0595. The van der Waals surface area contributed by atoms with Crippen LogP contribution >= 0.6 is 15.9 Å². The lowest BCUT2D eigenvalue weighted by Crippen LogP contribution is -1.98. The Bertz CT molecular complexity index is 403. The molecule has 0 saturated heterocycles. The number of carbonyl (C=O) groups is 1. The summed E-state index contributed by atoms with van der Waals surface area (Å²) in [5.74, 6) is -2.21. The van der Waals surface area contributed by atoms with Crippen molar-refractivity contribution in [3.8, 4) is 5.75 Å². The Kier molecular flexibility index (Phi) is 1.76. The van der Waals surface area contributed by atoms with Gasteiger partial charge in [0.1, 0.15) is 12.2 Å². The van der Waals surface area contributed by atoms with E-state index in [-0.39, 0.29) is 16.6 Å². The largest absolute Gasteiger partial charge is 0.504 e. The number of ether oxygens (including phenoxy) is 1. The summed E-state index contributed by atoms with van der Waals surface area (Å²) >= 11 is 2.96. The van der Waals surface area contributed by atoms with E-state index in [0.717, 1.165) is 0 Å². The van der Waals surface area contributed by atoms with Gasteiger partial charge in [-0.25, -0.2) is 9.18 Å². The quantitative estimate of drug-likeness (QED) is 0.713. The summed E-state index contributed by atoms with van der Waals surface area (Å²) in [6.07, 6.45) is 0. The van der Waals surface area contributed by atoms with Gasteiger partial charge in [0.05, 0.1) is 4.47 Å². The number of cyclic esters (lactones) is 1. The highest BCUT2D eigenvalue weighted by atomic mass is 79.9. The van der Waals surface area contributed by atoms with E-state index in [0.29, 0.717) is 5.56 Å². The van der Waals surface area contributed by atoms with Gasteiger partial charge in [0.25, 0.3) is 0 Å². The smallest absolute Gasteiger partial charge is 0.342 e. The second kappa shape index (κ2) is 2.70. The molecule has 1 heterocycles. The zero-order valence-electron chi connectivity index (χ0n) is 6.30. The average molecular weight is 247 g/mol. The zero-order chi connectivity index (χ0) is 9.59. The van der Waals surface area contributed by atoms with Gasteiger partial charge in [-0.2, -0.15) is 0 Å². The first-order chi connectivity index (χ1) is 6.11. The molecule has 1 aliphatic heterocycles. The van der Waals surface area contributed by atoms with Crippen molar-refractivity contribution in [1.29, 1.82) is 0 Å². The van der Waals surface area contributed by atoms with Crippen LogP contribution in [0.25, 0.3) is 0 Å². The van der Waals surface area contributed by atoms with Gasteiger partial charge in [-0.05, 0) is 22.0 Å². The first-order valence-corrected chi connectivity index (χ1v) is 4.27. The predicted molar refractivity (Wildman–Crippen MR) is 44.9 cm³/mol. The maximum atomic E-state index is 13.2. The molecule has 1 aromatic carbocycles.